The van der Waals surface area contributed by atoms with Crippen LogP contribution in [0.25, 0.3) is 10.8 Å². The van der Waals surface area contributed by atoms with Gasteiger partial charge in [-0.3, -0.25) is 5.11 Å². The van der Waals surface area contributed by atoms with E-state index in [1.807, 2.05) is 19.1 Å². The Balaban J connectivity index is 2.28. The summed E-state index contributed by atoms with van der Waals surface area (Å²) >= 11 is 0. The van der Waals surface area contributed by atoms with E-state index in [4.69, 9.17) is 4.74 Å². The first kappa shape index (κ1) is 12.4. The number of hydrogen-bond acceptors (Lipinski definition) is 2. The second kappa shape index (κ2) is 5.54. The predicted octanol–water partition coefficient (Wildman–Crippen LogP) is 3.94. The van der Waals surface area contributed by atoms with Crippen molar-refractivity contribution in [3.8, 4) is 5.75 Å². The molecule has 93 valence electrons. The van der Waals surface area contributed by atoms with Crippen LogP contribution in [-0.4, -0.2) is 12.6 Å². The largest absolute Gasteiger partial charge is 0.462 e. The highest BCUT2D eigenvalue weighted by Gasteiger charge is 2.16. The maximum absolute atomic E-state index is 12.1. The maximum Gasteiger partial charge on any atom is 0.342 e. The SMILES string of the molecule is CCCCOC(=O)c1ccc2ccccc2c1[O]. The van der Waals surface area contributed by atoms with Gasteiger partial charge in [0.15, 0.2) is 0 Å². The zero-order valence-electron chi connectivity index (χ0n) is 10.3. The van der Waals surface area contributed by atoms with Crippen LogP contribution in [0, 0.1) is 0 Å². The molecule has 3 nitrogen and oxygen atoms in total. The second-order valence-corrected chi connectivity index (χ2v) is 4.15. The summed E-state index contributed by atoms with van der Waals surface area (Å²) in [5.41, 5.74) is 0.116. The van der Waals surface area contributed by atoms with Crippen molar-refractivity contribution in [1.82, 2.24) is 0 Å². The molecular weight excluding hydrogens is 228 g/mol. The molecule has 0 heterocycles. The third-order valence-corrected chi connectivity index (χ3v) is 2.83. The third kappa shape index (κ3) is 2.45. The Labute approximate surface area is 106 Å². The van der Waals surface area contributed by atoms with E-state index >= 15 is 0 Å². The first-order valence-corrected chi connectivity index (χ1v) is 6.10. The fraction of sp³-hybridized carbons (Fsp3) is 0.267. The summed E-state index contributed by atoms with van der Waals surface area (Å²) < 4.78 is 5.06. The Morgan fingerprint density at radius 1 is 1.17 bits per heavy atom. The number of hydrogen-bond donors (Lipinski definition) is 0. The Kier molecular flexibility index (Phi) is 3.82. The monoisotopic (exact) mass is 243 g/mol. The van der Waals surface area contributed by atoms with Crippen LogP contribution < -0.4 is 0 Å². The molecule has 0 spiro atoms. The molecule has 3 heteroatoms. The van der Waals surface area contributed by atoms with Gasteiger partial charge in [-0.05, 0) is 17.9 Å². The normalized spacial score (nSPS) is 10.5. The number of ether oxygens (including phenoxy) is 1. The van der Waals surface area contributed by atoms with E-state index in [0.717, 1.165) is 18.2 Å². The van der Waals surface area contributed by atoms with Crippen LogP contribution in [0.5, 0.6) is 5.75 Å². The minimum absolute atomic E-state index is 0.116. The summed E-state index contributed by atoms with van der Waals surface area (Å²) in [7, 11) is 0. The fourth-order valence-electron chi connectivity index (χ4n) is 1.79. The number of carbonyl (C=O) groups excluding carboxylic acids is 1. The third-order valence-electron chi connectivity index (χ3n) is 2.83. The smallest absolute Gasteiger partial charge is 0.342 e. The summed E-state index contributed by atoms with van der Waals surface area (Å²) in [6.45, 7) is 2.38. The van der Waals surface area contributed by atoms with Gasteiger partial charge in [0.25, 0.3) is 0 Å². The van der Waals surface area contributed by atoms with Crippen LogP contribution in [0.1, 0.15) is 30.1 Å². The lowest BCUT2D eigenvalue weighted by Gasteiger charge is -2.06. The van der Waals surface area contributed by atoms with Crippen LogP contribution in [-0.2, 0) is 9.84 Å². The summed E-state index contributed by atoms with van der Waals surface area (Å²) in [5, 5.41) is 13.5. The minimum Gasteiger partial charge on any atom is -0.462 e. The quantitative estimate of drug-likeness (QED) is 0.603. The molecule has 0 aliphatic heterocycles. The van der Waals surface area contributed by atoms with Crippen molar-refractivity contribution in [1.29, 1.82) is 0 Å². The lowest BCUT2D eigenvalue weighted by atomic mass is 10.1. The lowest BCUT2D eigenvalue weighted by molar-refractivity contribution is 0.0495. The molecule has 1 radical (unpaired) electrons. The summed E-state index contributed by atoms with van der Waals surface area (Å²) in [6.07, 6.45) is 1.77. The number of rotatable bonds is 4. The molecule has 0 saturated heterocycles. The highest BCUT2D eigenvalue weighted by Crippen LogP contribution is 2.29. The van der Waals surface area contributed by atoms with E-state index in [-0.39, 0.29) is 11.3 Å². The minimum atomic E-state index is -0.529. The van der Waals surface area contributed by atoms with Crippen molar-refractivity contribution in [2.24, 2.45) is 0 Å². The molecular formula is C15H15O3. The van der Waals surface area contributed by atoms with E-state index < -0.39 is 5.97 Å². The Bertz CT molecular complexity index is 561. The Hall–Kier alpha value is -2.03. The van der Waals surface area contributed by atoms with Crippen LogP contribution in [0.4, 0.5) is 0 Å². The van der Waals surface area contributed by atoms with Gasteiger partial charge < -0.3 is 4.74 Å². The molecule has 18 heavy (non-hydrogen) atoms. The van der Waals surface area contributed by atoms with E-state index in [9.17, 15) is 9.90 Å². The zero-order valence-corrected chi connectivity index (χ0v) is 10.3. The summed E-state index contributed by atoms with van der Waals surface area (Å²) in [5.74, 6) is -0.784. The van der Waals surface area contributed by atoms with Gasteiger partial charge in [-0.25, -0.2) is 4.79 Å². The molecule has 0 fully saturated rings. The highest BCUT2D eigenvalue weighted by molar-refractivity contribution is 6.00. The van der Waals surface area contributed by atoms with Crippen molar-refractivity contribution in [3.63, 3.8) is 0 Å². The number of esters is 1. The molecule has 0 aliphatic carbocycles. The molecule has 0 saturated carbocycles. The molecule has 0 N–H and O–H groups in total. The molecule has 2 rings (SSSR count). The van der Waals surface area contributed by atoms with Crippen molar-refractivity contribution in [2.45, 2.75) is 19.8 Å². The first-order chi connectivity index (χ1) is 8.74. The number of carbonyl (C=O) groups is 1. The van der Waals surface area contributed by atoms with Crippen LogP contribution >= 0.6 is 0 Å². The number of fused-ring (bicyclic) bond motifs is 1. The van der Waals surface area contributed by atoms with Gasteiger partial charge in [0, 0.05) is 5.39 Å². The molecule has 0 aromatic heterocycles. The first-order valence-electron chi connectivity index (χ1n) is 6.10. The maximum atomic E-state index is 12.1. The molecule has 0 bridgehead atoms. The Morgan fingerprint density at radius 2 is 1.94 bits per heavy atom. The van der Waals surface area contributed by atoms with Gasteiger partial charge in [0.1, 0.15) is 5.56 Å². The van der Waals surface area contributed by atoms with Gasteiger partial charge >= 0.3 is 5.97 Å². The van der Waals surface area contributed by atoms with Gasteiger partial charge in [0.2, 0.25) is 5.75 Å². The van der Waals surface area contributed by atoms with Gasteiger partial charge in [-0.2, -0.15) is 0 Å². The topological polar surface area (TPSA) is 46.2 Å². The molecule has 0 unspecified atom stereocenters. The summed E-state index contributed by atoms with van der Waals surface area (Å²) in [4.78, 5) is 11.8. The van der Waals surface area contributed by atoms with Crippen molar-refractivity contribution < 1.29 is 14.6 Å². The molecule has 2 aromatic carbocycles. The van der Waals surface area contributed by atoms with Crippen molar-refractivity contribution in [3.05, 3.63) is 42.0 Å². The lowest BCUT2D eigenvalue weighted by Crippen LogP contribution is -2.06. The van der Waals surface area contributed by atoms with Gasteiger partial charge in [-0.1, -0.05) is 43.7 Å². The van der Waals surface area contributed by atoms with Crippen LogP contribution in [0.2, 0.25) is 0 Å². The molecule has 0 amide bonds. The van der Waals surface area contributed by atoms with E-state index in [2.05, 4.69) is 0 Å². The standard InChI is InChI=1S/C15H15O3/c1-2-3-10-18-15(17)13-9-8-11-6-4-5-7-12(11)14(13)16/h4-9H,2-3,10H2,1H3. The van der Waals surface area contributed by atoms with E-state index in [1.54, 1.807) is 24.3 Å². The molecule has 0 aliphatic rings. The predicted molar refractivity (Wildman–Crippen MR) is 69.3 cm³/mol. The fourth-order valence-corrected chi connectivity index (χ4v) is 1.79. The number of unbranched alkanes of at least 4 members (excludes halogenated alkanes) is 1. The van der Waals surface area contributed by atoms with Gasteiger partial charge in [-0.15, -0.1) is 0 Å². The van der Waals surface area contributed by atoms with E-state index in [0.29, 0.717) is 12.0 Å². The molecule has 2 aromatic rings. The second-order valence-electron chi connectivity index (χ2n) is 4.15. The van der Waals surface area contributed by atoms with E-state index in [1.165, 1.54) is 0 Å². The van der Waals surface area contributed by atoms with Crippen molar-refractivity contribution in [2.75, 3.05) is 6.61 Å². The Morgan fingerprint density at radius 3 is 2.72 bits per heavy atom. The van der Waals surface area contributed by atoms with Gasteiger partial charge in [0.05, 0.1) is 6.61 Å². The average Bonchev–Trinajstić information content (AvgIpc) is 2.39. The summed E-state index contributed by atoms with van der Waals surface area (Å²) in [6, 6.07) is 10.5. The highest BCUT2D eigenvalue weighted by atomic mass is 16.5. The average molecular weight is 243 g/mol. The zero-order chi connectivity index (χ0) is 13.0. The van der Waals surface area contributed by atoms with Crippen LogP contribution in [0.15, 0.2) is 36.4 Å². The number of benzene rings is 2. The van der Waals surface area contributed by atoms with Crippen molar-refractivity contribution >= 4 is 16.7 Å². The van der Waals surface area contributed by atoms with Crippen LogP contribution in [0.3, 0.4) is 0 Å². The molecule has 0 atom stereocenters.